The molecule has 1 aromatic carbocycles. The third kappa shape index (κ3) is 1.66. The molecule has 0 amide bonds. The summed E-state index contributed by atoms with van der Waals surface area (Å²) in [5.41, 5.74) is -0.352. The molecule has 0 N–H and O–H groups in total. The minimum Gasteiger partial charge on any atom is -0.494 e. The third-order valence-corrected chi connectivity index (χ3v) is 3.39. The Balaban J connectivity index is 2.60. The topological polar surface area (TPSA) is 38.7 Å². The van der Waals surface area contributed by atoms with Crippen LogP contribution < -0.4 is 4.74 Å². The van der Waals surface area contributed by atoms with Gasteiger partial charge in [0.05, 0.1) is 7.11 Å². The van der Waals surface area contributed by atoms with Gasteiger partial charge >= 0.3 is 0 Å². The zero-order chi connectivity index (χ0) is 11.8. The van der Waals surface area contributed by atoms with Gasteiger partial charge in [0.25, 0.3) is 0 Å². The normalized spacial score (nSPS) is 16.4. The van der Waals surface area contributed by atoms with Crippen LogP contribution in [0.4, 0.5) is 4.39 Å². The van der Waals surface area contributed by atoms with Crippen LogP contribution in [0.15, 0.2) is 21.6 Å². The molecule has 1 saturated carbocycles. The van der Waals surface area contributed by atoms with Crippen LogP contribution in [0.5, 0.6) is 5.75 Å². The van der Waals surface area contributed by atoms with Gasteiger partial charge in [0.1, 0.15) is 5.54 Å². The molecule has 0 aliphatic heterocycles. The second-order valence-corrected chi connectivity index (χ2v) is 4.53. The highest BCUT2D eigenvalue weighted by atomic mass is 79.9. The van der Waals surface area contributed by atoms with Gasteiger partial charge in [0.2, 0.25) is 6.08 Å². The number of nitrogens with zero attached hydrogens (tertiary/aromatic N) is 1. The highest BCUT2D eigenvalue weighted by molar-refractivity contribution is 9.10. The van der Waals surface area contributed by atoms with Crippen molar-refractivity contribution in [2.45, 2.75) is 18.4 Å². The molecule has 1 aliphatic rings. The van der Waals surface area contributed by atoms with E-state index in [0.717, 1.165) is 0 Å². The number of carbonyl (C=O) groups excluding carboxylic acids is 1. The van der Waals surface area contributed by atoms with Crippen LogP contribution in [0, 0.1) is 5.82 Å². The molecule has 1 aliphatic carbocycles. The Morgan fingerprint density at radius 1 is 1.56 bits per heavy atom. The zero-order valence-corrected chi connectivity index (χ0v) is 10.2. The Labute approximate surface area is 100 Å². The highest BCUT2D eigenvalue weighted by Crippen LogP contribution is 2.53. The number of rotatable bonds is 3. The van der Waals surface area contributed by atoms with Crippen molar-refractivity contribution in [3.05, 3.63) is 28.0 Å². The van der Waals surface area contributed by atoms with Gasteiger partial charge in [0.15, 0.2) is 11.6 Å². The van der Waals surface area contributed by atoms with Crippen molar-refractivity contribution in [3.63, 3.8) is 0 Å². The summed E-state index contributed by atoms with van der Waals surface area (Å²) in [7, 11) is 1.40. The fourth-order valence-corrected chi connectivity index (χ4v) is 2.42. The molecule has 0 aromatic heterocycles. The first kappa shape index (κ1) is 11.3. The number of hydrogen-bond acceptors (Lipinski definition) is 3. The Morgan fingerprint density at radius 2 is 2.25 bits per heavy atom. The first-order valence-electron chi connectivity index (χ1n) is 4.76. The van der Waals surface area contributed by atoms with Gasteiger partial charge in [-0.2, -0.15) is 4.99 Å². The minimum absolute atomic E-state index is 0.158. The fraction of sp³-hybridized carbons (Fsp3) is 0.364. The van der Waals surface area contributed by atoms with Gasteiger partial charge in [-0.1, -0.05) is 15.9 Å². The molecule has 16 heavy (non-hydrogen) atoms. The lowest BCUT2D eigenvalue weighted by Crippen LogP contribution is -2.08. The summed E-state index contributed by atoms with van der Waals surface area (Å²) in [5.74, 6) is -0.307. The maximum Gasteiger partial charge on any atom is 0.235 e. The molecule has 84 valence electrons. The summed E-state index contributed by atoms with van der Waals surface area (Å²) in [5, 5.41) is 0. The highest BCUT2D eigenvalue weighted by Gasteiger charge is 2.48. The van der Waals surface area contributed by atoms with Crippen LogP contribution in [-0.4, -0.2) is 13.2 Å². The molecule has 2 rings (SSSR count). The molecule has 0 radical (unpaired) electrons. The van der Waals surface area contributed by atoms with Crippen LogP contribution >= 0.6 is 15.9 Å². The molecule has 0 unspecified atom stereocenters. The monoisotopic (exact) mass is 285 g/mol. The average Bonchev–Trinajstić information content (AvgIpc) is 2.99. The van der Waals surface area contributed by atoms with E-state index in [0.29, 0.717) is 22.9 Å². The molecule has 1 aromatic rings. The van der Waals surface area contributed by atoms with Gasteiger partial charge < -0.3 is 4.74 Å². The van der Waals surface area contributed by atoms with E-state index in [1.807, 2.05) is 0 Å². The van der Waals surface area contributed by atoms with E-state index < -0.39 is 11.4 Å². The second kappa shape index (κ2) is 4.00. The van der Waals surface area contributed by atoms with Crippen molar-refractivity contribution < 1.29 is 13.9 Å². The van der Waals surface area contributed by atoms with Gasteiger partial charge in [-0.15, -0.1) is 0 Å². The maximum absolute atomic E-state index is 14.0. The SMILES string of the molecule is COc1ccc(Br)c(C2(N=C=O)CC2)c1F. The van der Waals surface area contributed by atoms with Crippen molar-refractivity contribution in [1.82, 2.24) is 0 Å². The standard InChI is InChI=1S/C11H9BrFNO2/c1-16-8-3-2-7(12)9(10(8)13)11(4-5-11)14-6-15/h2-3H,4-5H2,1H3. The largest absolute Gasteiger partial charge is 0.494 e. The molecule has 0 bridgehead atoms. The summed E-state index contributed by atoms with van der Waals surface area (Å²) < 4.78 is 19.6. The fourth-order valence-electron chi connectivity index (χ4n) is 1.74. The number of methoxy groups -OCH3 is 1. The third-order valence-electron chi connectivity index (χ3n) is 2.72. The smallest absolute Gasteiger partial charge is 0.235 e. The number of aliphatic imine (C=N–C) groups is 1. The first-order chi connectivity index (χ1) is 7.64. The van der Waals surface area contributed by atoms with Crippen molar-refractivity contribution in [1.29, 1.82) is 0 Å². The van der Waals surface area contributed by atoms with Crippen LogP contribution in [-0.2, 0) is 10.3 Å². The Bertz CT molecular complexity index is 479. The van der Waals surface area contributed by atoms with Gasteiger partial charge in [0, 0.05) is 10.0 Å². The van der Waals surface area contributed by atoms with Crippen molar-refractivity contribution >= 4 is 22.0 Å². The lowest BCUT2D eigenvalue weighted by Gasteiger charge is -2.14. The lowest BCUT2D eigenvalue weighted by atomic mass is 10.0. The number of hydrogen-bond donors (Lipinski definition) is 0. The van der Waals surface area contributed by atoms with Crippen LogP contribution in [0.2, 0.25) is 0 Å². The Hall–Kier alpha value is -1.19. The van der Waals surface area contributed by atoms with Crippen molar-refractivity contribution in [2.24, 2.45) is 4.99 Å². The number of isocyanates is 1. The predicted octanol–water partition coefficient (Wildman–Crippen LogP) is 2.92. The second-order valence-electron chi connectivity index (χ2n) is 3.67. The average molecular weight is 286 g/mol. The summed E-state index contributed by atoms with van der Waals surface area (Å²) in [6.45, 7) is 0. The van der Waals surface area contributed by atoms with Crippen molar-refractivity contribution in [3.8, 4) is 5.75 Å². The van der Waals surface area contributed by atoms with E-state index in [-0.39, 0.29) is 5.75 Å². The van der Waals surface area contributed by atoms with E-state index in [2.05, 4.69) is 20.9 Å². The number of ether oxygens (including phenoxy) is 1. The van der Waals surface area contributed by atoms with Crippen LogP contribution in [0.25, 0.3) is 0 Å². The first-order valence-corrected chi connectivity index (χ1v) is 5.55. The molecule has 0 spiro atoms. The summed E-state index contributed by atoms with van der Waals surface area (Å²) in [6, 6.07) is 3.22. The minimum atomic E-state index is -0.737. The molecular weight excluding hydrogens is 277 g/mol. The molecule has 0 heterocycles. The molecule has 1 fully saturated rings. The van der Waals surface area contributed by atoms with Crippen LogP contribution in [0.3, 0.4) is 0 Å². The predicted molar refractivity (Wildman–Crippen MR) is 59.7 cm³/mol. The summed E-state index contributed by atoms with van der Waals surface area (Å²) in [6.07, 6.45) is 2.82. The van der Waals surface area contributed by atoms with Crippen molar-refractivity contribution in [2.75, 3.05) is 7.11 Å². The van der Waals surface area contributed by atoms with Gasteiger partial charge in [-0.25, -0.2) is 9.18 Å². The number of halogens is 2. The van der Waals surface area contributed by atoms with Gasteiger partial charge in [-0.3, -0.25) is 0 Å². The molecular formula is C11H9BrFNO2. The van der Waals surface area contributed by atoms with E-state index in [1.54, 1.807) is 6.07 Å². The van der Waals surface area contributed by atoms with E-state index >= 15 is 0 Å². The summed E-state index contributed by atoms with van der Waals surface area (Å²) >= 11 is 3.27. The Kier molecular flexibility index (Phi) is 2.82. The van der Waals surface area contributed by atoms with E-state index in [9.17, 15) is 9.18 Å². The lowest BCUT2D eigenvalue weighted by molar-refractivity contribution is 0.381. The molecule has 5 heteroatoms. The van der Waals surface area contributed by atoms with Gasteiger partial charge in [-0.05, 0) is 25.0 Å². The Morgan fingerprint density at radius 3 is 2.75 bits per heavy atom. The maximum atomic E-state index is 14.0. The molecule has 0 saturated heterocycles. The molecule has 3 nitrogen and oxygen atoms in total. The van der Waals surface area contributed by atoms with Crippen LogP contribution in [0.1, 0.15) is 18.4 Å². The molecule has 0 atom stereocenters. The van der Waals surface area contributed by atoms with E-state index in [4.69, 9.17) is 4.74 Å². The number of benzene rings is 1. The summed E-state index contributed by atoms with van der Waals surface area (Å²) in [4.78, 5) is 14.1. The quantitative estimate of drug-likeness (QED) is 0.633. The van der Waals surface area contributed by atoms with E-state index in [1.165, 1.54) is 19.3 Å². The zero-order valence-electron chi connectivity index (χ0n) is 8.59.